The first-order valence-electron chi connectivity index (χ1n) is 14.1. The molecule has 2 fully saturated rings. The van der Waals surface area contributed by atoms with Crippen molar-refractivity contribution in [3.05, 3.63) is 59.7 Å². The zero-order valence-electron chi connectivity index (χ0n) is 23.0. The molecule has 3 amide bonds. The Morgan fingerprint density at radius 2 is 1.77 bits per heavy atom. The van der Waals surface area contributed by atoms with E-state index in [1.54, 1.807) is 48.5 Å². The highest BCUT2D eigenvalue weighted by molar-refractivity contribution is 6.20. The molecule has 230 valence electrons. The first kappa shape index (κ1) is 30.4. The second-order valence-corrected chi connectivity index (χ2v) is 11.4. The number of amides is 3. The van der Waals surface area contributed by atoms with Crippen LogP contribution in [0, 0.1) is 17.8 Å². The normalized spacial score (nSPS) is 21.3. The molecule has 0 spiro atoms. The number of para-hydroxylation sites is 1. The van der Waals surface area contributed by atoms with Crippen molar-refractivity contribution in [3.8, 4) is 5.75 Å². The van der Waals surface area contributed by atoms with E-state index in [0.717, 1.165) is 12.8 Å². The Bertz CT molecular complexity index is 1400. The summed E-state index contributed by atoms with van der Waals surface area (Å²) < 4.78 is 72.4. The summed E-state index contributed by atoms with van der Waals surface area (Å²) in [4.78, 5) is 44.0. The maximum atomic E-state index is 13.7. The predicted molar refractivity (Wildman–Crippen MR) is 146 cm³/mol. The minimum absolute atomic E-state index is 0.00124. The summed E-state index contributed by atoms with van der Waals surface area (Å²) >= 11 is 0. The average molecular weight is 607 g/mol. The molecule has 8 nitrogen and oxygen atoms in total. The number of anilines is 1. The number of nitrogens with two attached hydrogens (primary N) is 1. The van der Waals surface area contributed by atoms with Crippen molar-refractivity contribution >= 4 is 29.1 Å². The van der Waals surface area contributed by atoms with Crippen LogP contribution in [0.3, 0.4) is 0 Å². The molecular formula is C30H31F5N4O4. The summed E-state index contributed by atoms with van der Waals surface area (Å²) in [7, 11) is 0. The third-order valence-electron chi connectivity index (χ3n) is 7.87. The highest BCUT2D eigenvalue weighted by atomic mass is 19.4. The molecular weight excluding hydrogens is 575 g/mol. The molecule has 13 heteroatoms. The number of alkyl halides is 5. The Hall–Kier alpha value is -4.03. The lowest BCUT2D eigenvalue weighted by Crippen LogP contribution is -2.49. The van der Waals surface area contributed by atoms with E-state index >= 15 is 0 Å². The van der Waals surface area contributed by atoms with Gasteiger partial charge in [0.05, 0.1) is 17.5 Å². The Balaban J connectivity index is 1.46. The Morgan fingerprint density at radius 1 is 1.07 bits per heavy atom. The van der Waals surface area contributed by atoms with Crippen LogP contribution >= 0.6 is 0 Å². The predicted octanol–water partition coefficient (Wildman–Crippen LogP) is 4.96. The number of hydrogen-bond acceptors (Lipinski definition) is 5. The van der Waals surface area contributed by atoms with E-state index in [0.29, 0.717) is 28.3 Å². The highest BCUT2D eigenvalue weighted by Crippen LogP contribution is 2.46. The smallest absolute Gasteiger partial charge is 0.389 e. The van der Waals surface area contributed by atoms with E-state index in [1.165, 1.54) is 0 Å². The monoisotopic (exact) mass is 606 g/mol. The van der Waals surface area contributed by atoms with Crippen LogP contribution in [0.5, 0.6) is 5.75 Å². The van der Waals surface area contributed by atoms with Crippen LogP contribution in [0.25, 0.3) is 0 Å². The second-order valence-electron chi connectivity index (χ2n) is 11.4. The molecule has 2 aromatic carbocycles. The number of aliphatic imine (C=N–C) groups is 1. The van der Waals surface area contributed by atoms with E-state index < -0.39 is 79.4 Å². The molecule has 2 aliphatic carbocycles. The SMILES string of the molecule is NC(=O)[C@H](CCC(F)(F)F)[C@H](CC1CC(F)(F)C1)C(=O)N[C@H]1N=C(c2ccccc2)c2cccc(OC3CC3)c2NC1=O. The molecule has 4 N–H and O–H groups in total. The van der Waals surface area contributed by atoms with Crippen LogP contribution < -0.4 is 21.1 Å². The van der Waals surface area contributed by atoms with E-state index in [1.807, 2.05) is 0 Å². The zero-order valence-corrected chi connectivity index (χ0v) is 23.0. The van der Waals surface area contributed by atoms with Crippen LogP contribution in [0.15, 0.2) is 53.5 Å². The molecule has 2 saturated carbocycles. The fraction of sp³-hybridized carbons (Fsp3) is 0.467. The Morgan fingerprint density at radius 3 is 2.37 bits per heavy atom. The molecule has 0 aromatic heterocycles. The van der Waals surface area contributed by atoms with E-state index in [4.69, 9.17) is 10.5 Å². The van der Waals surface area contributed by atoms with Crippen LogP contribution in [0.2, 0.25) is 0 Å². The number of nitrogens with zero attached hydrogens (tertiary/aromatic N) is 1. The van der Waals surface area contributed by atoms with Crippen molar-refractivity contribution in [2.24, 2.45) is 28.5 Å². The molecule has 0 saturated heterocycles. The third kappa shape index (κ3) is 7.49. The van der Waals surface area contributed by atoms with Crippen molar-refractivity contribution in [3.63, 3.8) is 0 Å². The molecule has 5 rings (SSSR count). The number of benzene rings is 2. The topological polar surface area (TPSA) is 123 Å². The van der Waals surface area contributed by atoms with E-state index in [9.17, 15) is 36.3 Å². The Kier molecular flexibility index (Phi) is 8.44. The fourth-order valence-electron chi connectivity index (χ4n) is 5.56. The number of benzodiazepines with no additional fused rings is 1. The lowest BCUT2D eigenvalue weighted by molar-refractivity contribution is -0.149. The van der Waals surface area contributed by atoms with Gasteiger partial charge in [0.2, 0.25) is 23.9 Å². The van der Waals surface area contributed by atoms with Gasteiger partial charge in [0.25, 0.3) is 5.91 Å². The largest absolute Gasteiger partial charge is 0.488 e. The van der Waals surface area contributed by atoms with E-state index in [2.05, 4.69) is 15.6 Å². The van der Waals surface area contributed by atoms with Crippen molar-refractivity contribution < 1.29 is 41.1 Å². The third-order valence-corrected chi connectivity index (χ3v) is 7.87. The summed E-state index contributed by atoms with van der Waals surface area (Å²) in [5.41, 5.74) is 7.24. The first-order chi connectivity index (χ1) is 20.3. The molecule has 1 heterocycles. The van der Waals surface area contributed by atoms with Gasteiger partial charge in [-0.25, -0.2) is 13.8 Å². The molecule has 0 radical (unpaired) electrons. The molecule has 1 aliphatic heterocycles. The number of halogens is 5. The highest BCUT2D eigenvalue weighted by Gasteiger charge is 2.48. The number of hydrogen-bond donors (Lipinski definition) is 3. The Labute approximate surface area is 244 Å². The summed E-state index contributed by atoms with van der Waals surface area (Å²) in [5.74, 6) is -9.23. The minimum Gasteiger partial charge on any atom is -0.488 e. The second kappa shape index (κ2) is 11.9. The van der Waals surface area contributed by atoms with Gasteiger partial charge in [-0.1, -0.05) is 42.5 Å². The summed E-state index contributed by atoms with van der Waals surface area (Å²) in [6.07, 6.45) is -8.11. The number of nitrogens with one attached hydrogen (secondary N) is 2. The summed E-state index contributed by atoms with van der Waals surface area (Å²) in [5, 5.41) is 5.22. The molecule has 0 bridgehead atoms. The lowest BCUT2D eigenvalue weighted by atomic mass is 9.72. The van der Waals surface area contributed by atoms with Gasteiger partial charge in [-0.15, -0.1) is 0 Å². The standard InChI is InChI=1S/C30H31F5N4O4/c31-29(32)14-16(15-29)13-21(19(25(36)40)11-12-30(33,34)35)27(41)39-26-28(42)38-24-20(7-4-8-22(24)43-18-9-10-18)23(37-26)17-5-2-1-3-6-17/h1-8,16,18-19,21,26H,9-15H2,(H2,36,40)(H,38,42)(H,39,41)/t19-,21+,26-/m1/s1. The number of carbonyl (C=O) groups is 3. The van der Waals surface area contributed by atoms with Crippen molar-refractivity contribution in [2.45, 2.75) is 69.3 Å². The van der Waals surface area contributed by atoms with Crippen LogP contribution in [0.1, 0.15) is 56.1 Å². The average Bonchev–Trinajstić information content (AvgIpc) is 3.75. The quantitative estimate of drug-likeness (QED) is 0.313. The lowest BCUT2D eigenvalue weighted by Gasteiger charge is -2.38. The number of rotatable bonds is 11. The van der Waals surface area contributed by atoms with Crippen LogP contribution in [-0.4, -0.2) is 47.8 Å². The molecule has 3 atom stereocenters. The van der Waals surface area contributed by atoms with Crippen molar-refractivity contribution in [2.75, 3.05) is 5.32 Å². The fourth-order valence-corrected chi connectivity index (χ4v) is 5.56. The molecule has 2 aromatic rings. The molecule has 3 aliphatic rings. The van der Waals surface area contributed by atoms with Gasteiger partial charge in [0.1, 0.15) is 5.75 Å². The van der Waals surface area contributed by atoms with Gasteiger partial charge in [0, 0.05) is 42.2 Å². The number of fused-ring (bicyclic) bond motifs is 1. The van der Waals surface area contributed by atoms with Gasteiger partial charge >= 0.3 is 6.18 Å². The molecule has 0 unspecified atom stereocenters. The summed E-state index contributed by atoms with van der Waals surface area (Å²) in [6.45, 7) is 0. The molecule has 43 heavy (non-hydrogen) atoms. The van der Waals surface area contributed by atoms with Gasteiger partial charge in [0.15, 0.2) is 0 Å². The van der Waals surface area contributed by atoms with Crippen molar-refractivity contribution in [1.82, 2.24) is 5.32 Å². The van der Waals surface area contributed by atoms with Crippen LogP contribution in [0.4, 0.5) is 27.6 Å². The van der Waals surface area contributed by atoms with Crippen molar-refractivity contribution in [1.29, 1.82) is 0 Å². The number of carbonyl (C=O) groups excluding carboxylic acids is 3. The van der Waals surface area contributed by atoms with Gasteiger partial charge in [-0.3, -0.25) is 14.4 Å². The minimum atomic E-state index is -4.64. The summed E-state index contributed by atoms with van der Waals surface area (Å²) in [6, 6.07) is 14.0. The van der Waals surface area contributed by atoms with Gasteiger partial charge < -0.3 is 21.1 Å². The first-order valence-corrected chi connectivity index (χ1v) is 14.1. The van der Waals surface area contributed by atoms with Gasteiger partial charge in [-0.2, -0.15) is 13.2 Å². The zero-order chi connectivity index (χ0) is 30.9. The number of primary amides is 1. The van der Waals surface area contributed by atoms with E-state index in [-0.39, 0.29) is 12.5 Å². The maximum absolute atomic E-state index is 13.7. The van der Waals surface area contributed by atoms with Gasteiger partial charge in [-0.05, 0) is 37.7 Å². The maximum Gasteiger partial charge on any atom is 0.389 e. The number of ether oxygens (including phenoxy) is 1. The van der Waals surface area contributed by atoms with Crippen LogP contribution in [-0.2, 0) is 14.4 Å².